The Morgan fingerprint density at radius 1 is 1.40 bits per heavy atom. The summed E-state index contributed by atoms with van der Waals surface area (Å²) in [6, 6.07) is -0.400. The molecule has 6 heteroatoms. The highest BCUT2D eigenvalue weighted by molar-refractivity contribution is 6.82. The van der Waals surface area contributed by atoms with E-state index < -0.39 is 14.1 Å². The van der Waals surface area contributed by atoms with Crippen LogP contribution in [0.1, 0.15) is 19.3 Å². The molecule has 1 saturated carbocycles. The highest BCUT2D eigenvalue weighted by Gasteiger charge is 2.56. The van der Waals surface area contributed by atoms with Crippen LogP contribution in [0.5, 0.6) is 0 Å². The number of esters is 1. The highest BCUT2D eigenvalue weighted by atomic mass is 28.3. The predicted molar refractivity (Wildman–Crippen MR) is 75.6 cm³/mol. The molecule has 0 radical (unpaired) electrons. The number of carbonyl (C=O) groups excluding carboxylic acids is 2. The van der Waals surface area contributed by atoms with Gasteiger partial charge in [-0.05, 0) is 30.8 Å². The second-order valence-electron chi connectivity index (χ2n) is 6.90. The van der Waals surface area contributed by atoms with E-state index in [0.29, 0.717) is 12.3 Å². The summed E-state index contributed by atoms with van der Waals surface area (Å²) in [5.41, 5.74) is 1.26. The van der Waals surface area contributed by atoms with E-state index >= 15 is 0 Å². The Bertz CT molecular complexity index is 508. The van der Waals surface area contributed by atoms with Gasteiger partial charge in [0.15, 0.2) is 0 Å². The molecule has 2 aliphatic heterocycles. The summed E-state index contributed by atoms with van der Waals surface area (Å²) in [4.78, 5) is 25.9. The van der Waals surface area contributed by atoms with Gasteiger partial charge in [-0.15, -0.1) is 0 Å². The fraction of sp³-hybridized carbons (Fsp3) is 0.714. The van der Waals surface area contributed by atoms with E-state index in [-0.39, 0.29) is 18.1 Å². The van der Waals surface area contributed by atoms with Gasteiger partial charge in [0.2, 0.25) is 0 Å². The summed E-state index contributed by atoms with van der Waals surface area (Å²) in [7, 11) is -0.308. The molecule has 3 rings (SSSR count). The van der Waals surface area contributed by atoms with Crippen molar-refractivity contribution in [3.63, 3.8) is 0 Å². The van der Waals surface area contributed by atoms with Gasteiger partial charge in [-0.1, -0.05) is 19.6 Å². The van der Waals surface area contributed by atoms with Crippen molar-refractivity contribution < 1.29 is 19.1 Å². The Hall–Kier alpha value is -1.30. The molecular formula is C14H21NO4Si. The van der Waals surface area contributed by atoms with Crippen LogP contribution in [0.15, 0.2) is 11.0 Å². The minimum atomic E-state index is -1.68. The summed E-state index contributed by atoms with van der Waals surface area (Å²) in [5, 5.41) is 0.941. The maximum atomic E-state index is 12.4. The van der Waals surface area contributed by atoms with Crippen molar-refractivity contribution >= 4 is 20.1 Å². The lowest BCUT2D eigenvalue weighted by Crippen LogP contribution is -2.51. The molecule has 0 aromatic heterocycles. The zero-order chi connectivity index (χ0) is 14.7. The lowest BCUT2D eigenvalue weighted by molar-refractivity contribution is -0.145. The third-order valence-electron chi connectivity index (χ3n) is 4.60. The quantitative estimate of drug-likeness (QED) is 0.579. The molecule has 0 aromatic carbocycles. The van der Waals surface area contributed by atoms with E-state index in [1.165, 1.54) is 12.7 Å². The van der Waals surface area contributed by atoms with Gasteiger partial charge in [0.1, 0.15) is 14.1 Å². The Morgan fingerprint density at radius 3 is 2.70 bits per heavy atom. The van der Waals surface area contributed by atoms with Crippen LogP contribution in [0.3, 0.4) is 0 Å². The van der Waals surface area contributed by atoms with Crippen molar-refractivity contribution in [2.24, 2.45) is 5.92 Å². The van der Waals surface area contributed by atoms with Crippen molar-refractivity contribution in [3.8, 4) is 0 Å². The van der Waals surface area contributed by atoms with Crippen LogP contribution in [0, 0.1) is 5.92 Å². The fourth-order valence-electron chi connectivity index (χ4n) is 3.84. The van der Waals surface area contributed by atoms with Gasteiger partial charge >= 0.3 is 12.1 Å². The number of cyclic esters (lactones) is 1. The average Bonchev–Trinajstić information content (AvgIpc) is 2.93. The van der Waals surface area contributed by atoms with Gasteiger partial charge in [-0.3, -0.25) is 4.90 Å². The highest BCUT2D eigenvalue weighted by Crippen LogP contribution is 2.49. The molecule has 2 heterocycles. The van der Waals surface area contributed by atoms with Crippen molar-refractivity contribution in [2.75, 3.05) is 7.11 Å². The van der Waals surface area contributed by atoms with E-state index in [1.807, 2.05) is 0 Å². The monoisotopic (exact) mass is 295 g/mol. The Labute approximate surface area is 119 Å². The van der Waals surface area contributed by atoms with Crippen molar-refractivity contribution in [1.82, 2.24) is 4.90 Å². The summed E-state index contributed by atoms with van der Waals surface area (Å²) >= 11 is 0. The molecule has 110 valence electrons. The molecule has 1 aliphatic carbocycles. The lowest BCUT2D eigenvalue weighted by Gasteiger charge is -2.37. The van der Waals surface area contributed by atoms with Crippen molar-refractivity contribution in [1.29, 1.82) is 0 Å². The fourth-order valence-corrected chi connectivity index (χ4v) is 5.47. The molecule has 3 aliphatic rings. The molecule has 2 fully saturated rings. The Balaban J connectivity index is 2.03. The standard InChI is InChI=1S/C14H21NO4Si/c1-18-12(16)10-7-8-5-6-9-11(8)15(10)14(17)19-13(9)20(2,3)4/h8,10-11H,5-7H2,1-4H3/t8-,10-,11+/m0/s1. The molecule has 5 nitrogen and oxygen atoms in total. The summed E-state index contributed by atoms with van der Waals surface area (Å²) in [5.74, 6) is 0.0560. The normalized spacial score (nSPS) is 32.3. The van der Waals surface area contributed by atoms with Gasteiger partial charge in [-0.25, -0.2) is 9.59 Å². The largest absolute Gasteiger partial charge is 0.467 e. The molecule has 1 amide bonds. The maximum absolute atomic E-state index is 12.4. The van der Waals surface area contributed by atoms with Crippen LogP contribution in [-0.2, 0) is 14.3 Å². The van der Waals surface area contributed by atoms with E-state index in [4.69, 9.17) is 9.47 Å². The third-order valence-corrected chi connectivity index (χ3v) is 6.38. The van der Waals surface area contributed by atoms with Crippen LogP contribution >= 0.6 is 0 Å². The first-order valence-corrected chi connectivity index (χ1v) is 10.7. The Kier molecular flexibility index (Phi) is 2.97. The minimum absolute atomic E-state index is 0.0714. The number of hydrogen-bond donors (Lipinski definition) is 0. The van der Waals surface area contributed by atoms with E-state index in [0.717, 1.165) is 18.2 Å². The van der Waals surface area contributed by atoms with Crippen LogP contribution in [0.25, 0.3) is 0 Å². The zero-order valence-corrected chi connectivity index (χ0v) is 13.4. The van der Waals surface area contributed by atoms with Crippen LogP contribution in [0.2, 0.25) is 19.6 Å². The van der Waals surface area contributed by atoms with E-state index in [1.54, 1.807) is 4.90 Å². The summed E-state index contributed by atoms with van der Waals surface area (Å²) in [6.07, 6.45) is 2.37. The van der Waals surface area contributed by atoms with E-state index in [2.05, 4.69) is 19.6 Å². The molecule has 0 N–H and O–H groups in total. The Morgan fingerprint density at radius 2 is 2.10 bits per heavy atom. The molecule has 0 aromatic rings. The minimum Gasteiger partial charge on any atom is -0.467 e. The smallest absolute Gasteiger partial charge is 0.415 e. The van der Waals surface area contributed by atoms with Gasteiger partial charge in [0, 0.05) is 0 Å². The first-order valence-electron chi connectivity index (χ1n) is 7.16. The SMILES string of the molecule is COC(=O)[C@@H]1C[C@@H]2CCC3=C([Si](C)(C)C)OC(=O)N1[C@@H]32. The average molecular weight is 295 g/mol. The number of ether oxygens (including phenoxy) is 2. The van der Waals surface area contributed by atoms with Gasteiger partial charge < -0.3 is 9.47 Å². The topological polar surface area (TPSA) is 55.8 Å². The number of hydrogen-bond acceptors (Lipinski definition) is 4. The molecule has 0 unspecified atom stereocenters. The molecule has 3 atom stereocenters. The molecule has 0 bridgehead atoms. The maximum Gasteiger partial charge on any atom is 0.415 e. The van der Waals surface area contributed by atoms with Crippen molar-refractivity contribution in [3.05, 3.63) is 11.0 Å². The zero-order valence-electron chi connectivity index (χ0n) is 12.4. The van der Waals surface area contributed by atoms with Crippen molar-refractivity contribution in [2.45, 2.75) is 51.0 Å². The second kappa shape index (κ2) is 4.34. The number of carbonyl (C=O) groups is 2. The number of amides is 1. The molecule has 1 saturated heterocycles. The molecule has 20 heavy (non-hydrogen) atoms. The lowest BCUT2D eigenvalue weighted by atomic mass is 10.0. The number of rotatable bonds is 2. The molecule has 0 spiro atoms. The predicted octanol–water partition coefficient (Wildman–Crippen LogP) is 2.29. The summed E-state index contributed by atoms with van der Waals surface area (Å²) < 4.78 is 10.5. The number of nitrogens with zero attached hydrogens (tertiary/aromatic N) is 1. The van der Waals surface area contributed by atoms with Gasteiger partial charge in [-0.2, -0.15) is 0 Å². The number of methoxy groups -OCH3 is 1. The molecular weight excluding hydrogens is 274 g/mol. The van der Waals surface area contributed by atoms with Gasteiger partial charge in [0.05, 0.1) is 18.5 Å². The van der Waals surface area contributed by atoms with Crippen LogP contribution in [-0.4, -0.2) is 44.2 Å². The van der Waals surface area contributed by atoms with Crippen LogP contribution < -0.4 is 0 Å². The summed E-state index contributed by atoms with van der Waals surface area (Å²) in [6.45, 7) is 6.58. The second-order valence-corrected chi connectivity index (χ2v) is 11.9. The van der Waals surface area contributed by atoms with E-state index in [9.17, 15) is 9.59 Å². The first-order chi connectivity index (χ1) is 9.34. The van der Waals surface area contributed by atoms with Crippen LogP contribution in [0.4, 0.5) is 4.79 Å². The third kappa shape index (κ3) is 1.81. The van der Waals surface area contributed by atoms with Gasteiger partial charge in [0.25, 0.3) is 0 Å². The first kappa shape index (κ1) is 13.7.